The lowest BCUT2D eigenvalue weighted by Gasteiger charge is -2.42. The Morgan fingerprint density at radius 3 is 2.68 bits per heavy atom. The van der Waals surface area contributed by atoms with Crippen molar-refractivity contribution in [2.45, 2.75) is 25.1 Å². The number of carboxylic acids is 1. The number of hydrogen-bond acceptors (Lipinski definition) is 9. The van der Waals surface area contributed by atoms with Gasteiger partial charge in [0.2, 0.25) is 11.9 Å². The lowest BCUT2D eigenvalue weighted by atomic mass is 9.43. The minimum absolute atomic E-state index is 0.0579. The number of nitriles is 1. The summed E-state index contributed by atoms with van der Waals surface area (Å²) in [6.07, 6.45) is 6.97. The maximum Gasteiger partial charge on any atom is 0.338 e. The monoisotopic (exact) mass is 420 g/mol. The molecule has 4 rings (SSSR count). The van der Waals surface area contributed by atoms with Gasteiger partial charge in [0.15, 0.2) is 0 Å². The standard InChI is InChI=1S/C20H25BN8O2/c1-27(2)11-16-12-28(5-6-29(16)19-23-9-15(10-24-19)18(30)31)20-25-8-14-7-21(13-22)4-3-17(14)26-20/h8-10,16H,3-7,11-12H2,1-2H3,(H,30,31). The Labute approximate surface area is 181 Å². The van der Waals surface area contributed by atoms with Gasteiger partial charge in [0.25, 0.3) is 6.71 Å². The highest BCUT2D eigenvalue weighted by Crippen LogP contribution is 2.24. The predicted octanol–water partition coefficient (Wildman–Crippen LogP) is 0.417. The highest BCUT2D eigenvalue weighted by Gasteiger charge is 2.31. The number of carboxylic acid groups (broad SMARTS) is 1. The van der Waals surface area contributed by atoms with Crippen LogP contribution in [0.4, 0.5) is 11.9 Å². The number of aromatic carboxylic acids is 1. The molecule has 2 aromatic heterocycles. The number of hydrogen-bond donors (Lipinski definition) is 1. The molecule has 0 amide bonds. The van der Waals surface area contributed by atoms with Crippen molar-refractivity contribution in [2.75, 3.05) is 50.1 Å². The third-order valence-corrected chi connectivity index (χ3v) is 5.80. The van der Waals surface area contributed by atoms with Crippen LogP contribution in [0.3, 0.4) is 0 Å². The van der Waals surface area contributed by atoms with Crippen molar-refractivity contribution >= 4 is 24.6 Å². The molecule has 0 aromatic carbocycles. The van der Waals surface area contributed by atoms with Crippen LogP contribution >= 0.6 is 0 Å². The third kappa shape index (κ3) is 4.59. The molecule has 4 heterocycles. The molecule has 11 heteroatoms. The Morgan fingerprint density at radius 1 is 1.26 bits per heavy atom. The zero-order valence-electron chi connectivity index (χ0n) is 17.8. The molecule has 0 bridgehead atoms. The molecule has 1 saturated heterocycles. The van der Waals surface area contributed by atoms with E-state index in [4.69, 9.17) is 10.1 Å². The summed E-state index contributed by atoms with van der Waals surface area (Å²) in [7, 11) is 4.04. The van der Waals surface area contributed by atoms with Crippen LogP contribution in [0.1, 0.15) is 21.6 Å². The van der Waals surface area contributed by atoms with Gasteiger partial charge in [-0.05, 0) is 32.4 Å². The van der Waals surface area contributed by atoms with Gasteiger partial charge in [0.1, 0.15) is 0 Å². The van der Waals surface area contributed by atoms with Gasteiger partial charge >= 0.3 is 5.97 Å². The van der Waals surface area contributed by atoms with E-state index in [9.17, 15) is 10.1 Å². The zero-order chi connectivity index (χ0) is 22.0. The lowest BCUT2D eigenvalue weighted by Crippen LogP contribution is -2.57. The Kier molecular flexibility index (Phi) is 6.00. The van der Waals surface area contributed by atoms with E-state index in [1.165, 1.54) is 12.4 Å². The van der Waals surface area contributed by atoms with Crippen LogP contribution in [-0.2, 0) is 12.7 Å². The minimum Gasteiger partial charge on any atom is -0.478 e. The summed E-state index contributed by atoms with van der Waals surface area (Å²) < 4.78 is 0. The van der Waals surface area contributed by atoms with Crippen LogP contribution < -0.4 is 9.80 Å². The van der Waals surface area contributed by atoms with Gasteiger partial charge in [-0.2, -0.15) is 0 Å². The van der Waals surface area contributed by atoms with Crippen LogP contribution in [0.15, 0.2) is 18.6 Å². The number of likely N-dealkylation sites (N-methyl/N-ethyl adjacent to an activating group) is 1. The van der Waals surface area contributed by atoms with E-state index < -0.39 is 5.97 Å². The van der Waals surface area contributed by atoms with Gasteiger partial charge in [-0.1, -0.05) is 6.32 Å². The molecule has 0 aliphatic carbocycles. The van der Waals surface area contributed by atoms with Crippen molar-refractivity contribution in [3.63, 3.8) is 0 Å². The van der Waals surface area contributed by atoms with Gasteiger partial charge in [-0.3, -0.25) is 0 Å². The summed E-state index contributed by atoms with van der Waals surface area (Å²) in [5, 5.41) is 18.3. The number of piperazine rings is 1. The summed E-state index contributed by atoms with van der Waals surface area (Å²) >= 11 is 0. The fourth-order valence-electron chi connectivity index (χ4n) is 4.22. The summed E-state index contributed by atoms with van der Waals surface area (Å²) in [6, 6.07) is 0.0991. The van der Waals surface area contributed by atoms with E-state index in [0.717, 1.165) is 42.8 Å². The fraction of sp³-hybridized carbons (Fsp3) is 0.500. The van der Waals surface area contributed by atoms with Crippen molar-refractivity contribution in [1.82, 2.24) is 24.8 Å². The van der Waals surface area contributed by atoms with E-state index in [0.29, 0.717) is 25.6 Å². The van der Waals surface area contributed by atoms with Gasteiger partial charge < -0.3 is 19.8 Å². The smallest absolute Gasteiger partial charge is 0.338 e. The van der Waals surface area contributed by atoms with Crippen LogP contribution in [0.25, 0.3) is 0 Å². The quantitative estimate of drug-likeness (QED) is 0.681. The van der Waals surface area contributed by atoms with Crippen LogP contribution in [0.2, 0.25) is 6.32 Å². The molecule has 0 saturated carbocycles. The number of fused-ring (bicyclic) bond motifs is 1. The normalized spacial score (nSPS) is 18.6. The van der Waals surface area contributed by atoms with E-state index in [1.807, 2.05) is 20.3 Å². The van der Waals surface area contributed by atoms with E-state index >= 15 is 0 Å². The van der Waals surface area contributed by atoms with E-state index in [-0.39, 0.29) is 18.3 Å². The minimum atomic E-state index is -1.04. The van der Waals surface area contributed by atoms with E-state index in [1.54, 1.807) is 0 Å². The van der Waals surface area contributed by atoms with Crippen LogP contribution in [0.5, 0.6) is 0 Å². The number of nitrogens with zero attached hydrogens (tertiary/aromatic N) is 8. The molecule has 160 valence electrons. The molecule has 10 nitrogen and oxygen atoms in total. The number of carbonyl (C=O) groups is 1. The van der Waals surface area contributed by atoms with Crippen molar-refractivity contribution in [1.29, 1.82) is 5.26 Å². The van der Waals surface area contributed by atoms with Crippen molar-refractivity contribution < 1.29 is 9.90 Å². The highest BCUT2D eigenvalue weighted by atomic mass is 16.4. The van der Waals surface area contributed by atoms with Crippen LogP contribution in [0, 0.1) is 11.2 Å². The largest absolute Gasteiger partial charge is 0.478 e. The second-order valence-corrected chi connectivity index (χ2v) is 8.34. The van der Waals surface area contributed by atoms with Gasteiger partial charge in [-0.15, -0.1) is 0 Å². The number of anilines is 2. The maximum atomic E-state index is 11.1. The Balaban J connectivity index is 1.53. The first-order chi connectivity index (χ1) is 14.9. The number of rotatable bonds is 5. The lowest BCUT2D eigenvalue weighted by molar-refractivity contribution is 0.0696. The summed E-state index contributed by atoms with van der Waals surface area (Å²) in [5.74, 6) is 2.58. The second-order valence-electron chi connectivity index (χ2n) is 8.34. The molecule has 1 atom stereocenters. The molecule has 2 aromatic rings. The molecule has 1 N–H and O–H groups in total. The van der Waals surface area contributed by atoms with Crippen molar-refractivity contribution in [3.05, 3.63) is 35.4 Å². The number of aromatic nitrogens is 4. The van der Waals surface area contributed by atoms with Gasteiger partial charge in [-0.25, -0.2) is 30.0 Å². The molecular formula is C20H25BN8O2. The molecule has 0 spiro atoms. The van der Waals surface area contributed by atoms with Crippen LogP contribution in [-0.4, -0.2) is 88.9 Å². The Hall–Kier alpha value is -3.26. The Morgan fingerprint density at radius 2 is 2.00 bits per heavy atom. The average molecular weight is 420 g/mol. The highest BCUT2D eigenvalue weighted by molar-refractivity contribution is 6.66. The summed E-state index contributed by atoms with van der Waals surface area (Å²) in [4.78, 5) is 35.5. The Bertz CT molecular complexity index is 994. The zero-order valence-corrected chi connectivity index (χ0v) is 17.8. The predicted molar refractivity (Wildman–Crippen MR) is 117 cm³/mol. The topological polar surface area (TPSA) is 122 Å². The van der Waals surface area contributed by atoms with E-state index in [2.05, 4.69) is 35.6 Å². The van der Waals surface area contributed by atoms with Crippen molar-refractivity contribution in [3.8, 4) is 5.97 Å². The first-order valence-corrected chi connectivity index (χ1v) is 10.4. The average Bonchev–Trinajstić information content (AvgIpc) is 2.78. The first-order valence-electron chi connectivity index (χ1n) is 10.4. The molecule has 2 aliphatic heterocycles. The molecular weight excluding hydrogens is 395 g/mol. The molecule has 0 radical (unpaired) electrons. The first kappa shape index (κ1) is 21.0. The summed E-state index contributed by atoms with van der Waals surface area (Å²) in [6.45, 7) is 2.95. The number of aryl methyl sites for hydroxylation is 1. The third-order valence-electron chi connectivity index (χ3n) is 5.80. The second kappa shape index (κ2) is 8.85. The SMILES string of the molecule is CN(C)CC1CN(c2ncc3c(n2)CCB(C#N)C3)CCN1c1ncc(C(=O)O)cn1. The molecule has 2 aliphatic rings. The molecule has 31 heavy (non-hydrogen) atoms. The fourth-order valence-corrected chi connectivity index (χ4v) is 4.22. The summed E-state index contributed by atoms with van der Waals surface area (Å²) in [5.41, 5.74) is 2.21. The van der Waals surface area contributed by atoms with Crippen molar-refractivity contribution in [2.24, 2.45) is 0 Å². The van der Waals surface area contributed by atoms with Gasteiger partial charge in [0, 0.05) is 56.4 Å². The van der Waals surface area contributed by atoms with Gasteiger partial charge in [0.05, 0.1) is 11.6 Å². The molecule has 1 unspecified atom stereocenters. The molecule has 1 fully saturated rings. The maximum absolute atomic E-state index is 11.1.